The first-order valence-corrected chi connectivity index (χ1v) is 13.2. The number of benzene rings is 1. The third-order valence-corrected chi connectivity index (χ3v) is 8.60. The zero-order valence-corrected chi connectivity index (χ0v) is 20.5. The Morgan fingerprint density at radius 2 is 2.06 bits per heavy atom. The summed E-state index contributed by atoms with van der Waals surface area (Å²) < 4.78 is 0. The summed E-state index contributed by atoms with van der Waals surface area (Å²) >= 11 is 6.23. The first-order chi connectivity index (χ1) is 16.1. The highest BCUT2D eigenvalue weighted by atomic mass is 35.5. The van der Waals surface area contributed by atoms with Gasteiger partial charge in [-0.1, -0.05) is 61.3 Å². The van der Waals surface area contributed by atoms with Crippen LogP contribution < -0.4 is 5.32 Å². The molecule has 1 amide bonds. The zero-order valence-electron chi connectivity index (χ0n) is 19.7. The molecule has 4 atom stereocenters. The first-order valence-electron chi connectivity index (χ1n) is 12.8. The Kier molecular flexibility index (Phi) is 6.76. The molecule has 1 spiro atoms. The van der Waals surface area contributed by atoms with Crippen LogP contribution in [0.5, 0.6) is 0 Å². The minimum Gasteiger partial charge on any atom is -0.339 e. The summed E-state index contributed by atoms with van der Waals surface area (Å²) in [6, 6.07) is 15.3. The maximum Gasteiger partial charge on any atom is 0.228 e. The number of aromatic nitrogens is 1. The van der Waals surface area contributed by atoms with Crippen LogP contribution >= 0.6 is 11.6 Å². The standard InChI is InChI=1S/C28H36ClN3O/c1-2-8-22-17-21(20-9-4-3-5-10-20)11-7-16-32(22)27(33)24-18-30-19-28(24)15-6-12-25-23(28)13-14-26(29)31-25/h3-5,9-10,13-14,21-22,24,30H,2,6-8,11-12,15-19H2,1H3/t21?,22?,24-,28?/m0/s1. The molecule has 1 N–H and O–H groups in total. The van der Waals surface area contributed by atoms with Gasteiger partial charge in [0.2, 0.25) is 5.91 Å². The number of hydrogen-bond acceptors (Lipinski definition) is 3. The molecule has 0 bridgehead atoms. The molecule has 2 aliphatic heterocycles. The average molecular weight is 466 g/mol. The van der Waals surface area contributed by atoms with Crippen LogP contribution in [0.25, 0.3) is 0 Å². The minimum atomic E-state index is -0.149. The zero-order chi connectivity index (χ0) is 22.8. The Balaban J connectivity index is 1.43. The Morgan fingerprint density at radius 3 is 2.88 bits per heavy atom. The maximum absolute atomic E-state index is 14.3. The lowest BCUT2D eigenvalue weighted by atomic mass is 9.65. The fourth-order valence-corrected chi connectivity index (χ4v) is 7.01. The highest BCUT2D eigenvalue weighted by Gasteiger charge is 2.52. The summed E-state index contributed by atoms with van der Waals surface area (Å²) in [5.74, 6) is 0.875. The smallest absolute Gasteiger partial charge is 0.228 e. The van der Waals surface area contributed by atoms with E-state index in [1.165, 1.54) is 11.1 Å². The van der Waals surface area contributed by atoms with Crippen LogP contribution in [0.15, 0.2) is 42.5 Å². The monoisotopic (exact) mass is 465 g/mol. The van der Waals surface area contributed by atoms with Gasteiger partial charge in [-0.05, 0) is 68.1 Å². The number of aryl methyl sites for hydroxylation is 1. The highest BCUT2D eigenvalue weighted by Crippen LogP contribution is 2.46. The number of carbonyl (C=O) groups is 1. The van der Waals surface area contributed by atoms with Gasteiger partial charge in [-0.3, -0.25) is 4.79 Å². The number of rotatable bonds is 4. The lowest BCUT2D eigenvalue weighted by Gasteiger charge is -2.42. The molecule has 5 rings (SSSR count). The number of fused-ring (bicyclic) bond motifs is 2. The molecule has 1 aromatic heterocycles. The van der Waals surface area contributed by atoms with Crippen LogP contribution in [0, 0.1) is 5.92 Å². The van der Waals surface area contributed by atoms with Gasteiger partial charge >= 0.3 is 0 Å². The number of nitrogens with one attached hydrogen (secondary N) is 1. The molecule has 0 saturated carbocycles. The molecule has 3 aliphatic rings. The molecule has 2 aromatic rings. The number of nitrogens with zero attached hydrogens (tertiary/aromatic N) is 2. The predicted molar refractivity (Wildman–Crippen MR) is 134 cm³/mol. The van der Waals surface area contributed by atoms with Crippen LogP contribution in [0.1, 0.15) is 74.6 Å². The van der Waals surface area contributed by atoms with Gasteiger partial charge in [0.15, 0.2) is 0 Å². The van der Waals surface area contributed by atoms with Gasteiger partial charge in [-0.25, -0.2) is 4.98 Å². The van der Waals surface area contributed by atoms with Crippen molar-refractivity contribution in [3.63, 3.8) is 0 Å². The highest BCUT2D eigenvalue weighted by molar-refractivity contribution is 6.29. The molecule has 3 heterocycles. The van der Waals surface area contributed by atoms with Crippen molar-refractivity contribution in [3.05, 3.63) is 64.4 Å². The molecule has 1 aliphatic carbocycles. The molecule has 33 heavy (non-hydrogen) atoms. The molecular formula is C28H36ClN3O. The molecule has 1 aromatic carbocycles. The van der Waals surface area contributed by atoms with E-state index >= 15 is 0 Å². The van der Waals surface area contributed by atoms with Crippen molar-refractivity contribution in [1.29, 1.82) is 0 Å². The van der Waals surface area contributed by atoms with E-state index in [0.29, 0.717) is 23.0 Å². The summed E-state index contributed by atoms with van der Waals surface area (Å²) in [5.41, 5.74) is 3.63. The second-order valence-corrected chi connectivity index (χ2v) is 10.7. The molecule has 4 nitrogen and oxygen atoms in total. The van der Waals surface area contributed by atoms with E-state index in [4.69, 9.17) is 11.6 Å². The fourth-order valence-electron chi connectivity index (χ4n) is 6.84. The maximum atomic E-state index is 14.3. The Hall–Kier alpha value is -1.91. The number of amides is 1. The van der Waals surface area contributed by atoms with Crippen LogP contribution in [0.2, 0.25) is 5.15 Å². The molecular weight excluding hydrogens is 430 g/mol. The summed E-state index contributed by atoms with van der Waals surface area (Å²) in [5, 5.41) is 4.15. The van der Waals surface area contributed by atoms with Crippen LogP contribution in [-0.4, -0.2) is 41.5 Å². The third kappa shape index (κ3) is 4.33. The molecule has 2 fully saturated rings. The first kappa shape index (κ1) is 22.9. The summed E-state index contributed by atoms with van der Waals surface area (Å²) in [6.45, 7) is 4.75. The van der Waals surface area contributed by atoms with Crippen LogP contribution in [0.3, 0.4) is 0 Å². The number of pyridine rings is 1. The Morgan fingerprint density at radius 1 is 1.21 bits per heavy atom. The Bertz CT molecular complexity index is 980. The lowest BCUT2D eigenvalue weighted by Crippen LogP contribution is -2.50. The quantitative estimate of drug-likeness (QED) is 0.607. The summed E-state index contributed by atoms with van der Waals surface area (Å²) in [7, 11) is 0. The molecule has 176 valence electrons. The van der Waals surface area contributed by atoms with Crippen molar-refractivity contribution < 1.29 is 4.79 Å². The minimum absolute atomic E-state index is 0.0212. The van der Waals surface area contributed by atoms with Gasteiger partial charge in [-0.2, -0.15) is 0 Å². The van der Waals surface area contributed by atoms with E-state index in [0.717, 1.165) is 76.7 Å². The van der Waals surface area contributed by atoms with Crippen molar-refractivity contribution in [2.75, 3.05) is 19.6 Å². The molecule has 5 heteroatoms. The second-order valence-electron chi connectivity index (χ2n) is 10.3. The number of likely N-dealkylation sites (tertiary alicyclic amines) is 1. The second kappa shape index (κ2) is 9.76. The number of halogens is 1. The molecule has 2 saturated heterocycles. The van der Waals surface area contributed by atoms with E-state index in [-0.39, 0.29) is 11.3 Å². The van der Waals surface area contributed by atoms with Crippen molar-refractivity contribution in [3.8, 4) is 0 Å². The van der Waals surface area contributed by atoms with Crippen molar-refractivity contribution >= 4 is 17.5 Å². The van der Waals surface area contributed by atoms with Gasteiger partial charge in [0.1, 0.15) is 5.15 Å². The van der Waals surface area contributed by atoms with Crippen molar-refractivity contribution in [2.24, 2.45) is 5.92 Å². The van der Waals surface area contributed by atoms with Gasteiger partial charge in [0, 0.05) is 36.8 Å². The predicted octanol–water partition coefficient (Wildman–Crippen LogP) is 5.49. The number of carbonyl (C=O) groups excluding carboxylic acids is 1. The average Bonchev–Trinajstić information content (AvgIpc) is 3.12. The number of hydrogen-bond donors (Lipinski definition) is 1. The third-order valence-electron chi connectivity index (χ3n) is 8.39. The lowest BCUT2D eigenvalue weighted by molar-refractivity contribution is -0.139. The van der Waals surface area contributed by atoms with E-state index in [1.54, 1.807) is 0 Å². The summed E-state index contributed by atoms with van der Waals surface area (Å²) in [6.07, 6.45) is 8.57. The summed E-state index contributed by atoms with van der Waals surface area (Å²) in [4.78, 5) is 21.2. The van der Waals surface area contributed by atoms with Crippen molar-refractivity contribution in [2.45, 2.75) is 75.7 Å². The normalized spacial score (nSPS) is 29.6. The van der Waals surface area contributed by atoms with Gasteiger partial charge in [0.05, 0.1) is 5.92 Å². The van der Waals surface area contributed by atoms with Gasteiger partial charge in [0.25, 0.3) is 0 Å². The SMILES string of the molecule is CCCC1CC(c2ccccc2)CCCN1C(=O)[C@@H]1CNCC12CCCc1nc(Cl)ccc12. The topological polar surface area (TPSA) is 45.2 Å². The van der Waals surface area contributed by atoms with E-state index < -0.39 is 0 Å². The van der Waals surface area contributed by atoms with E-state index in [9.17, 15) is 4.79 Å². The van der Waals surface area contributed by atoms with Crippen molar-refractivity contribution in [1.82, 2.24) is 15.2 Å². The Labute approximate surface area is 203 Å². The van der Waals surface area contributed by atoms with Gasteiger partial charge < -0.3 is 10.2 Å². The van der Waals surface area contributed by atoms with E-state index in [2.05, 4.69) is 58.5 Å². The molecule has 0 radical (unpaired) electrons. The largest absolute Gasteiger partial charge is 0.339 e. The van der Waals surface area contributed by atoms with Crippen LogP contribution in [0.4, 0.5) is 0 Å². The molecule has 3 unspecified atom stereocenters. The fraction of sp³-hybridized carbons (Fsp3) is 0.571. The van der Waals surface area contributed by atoms with Gasteiger partial charge in [-0.15, -0.1) is 0 Å². The van der Waals surface area contributed by atoms with Crippen LogP contribution in [-0.2, 0) is 16.6 Å². The van der Waals surface area contributed by atoms with E-state index in [1.807, 2.05) is 6.07 Å².